The molecule has 0 saturated carbocycles. The zero-order valence-electron chi connectivity index (χ0n) is 11.0. The largest absolute Gasteiger partial charge is 0.347 e. The van der Waals surface area contributed by atoms with Gasteiger partial charge in [-0.1, -0.05) is 0 Å². The van der Waals surface area contributed by atoms with Gasteiger partial charge in [0.15, 0.2) is 5.79 Å². The number of hydrogen-bond acceptors (Lipinski definition) is 5. The highest BCUT2D eigenvalue weighted by atomic mass is 16.7. The normalized spacial score (nSPS) is 22.7. The van der Waals surface area contributed by atoms with Crippen molar-refractivity contribution in [3.05, 3.63) is 17.5 Å². The molecular formula is C13H19N3O2. The summed E-state index contributed by atoms with van der Waals surface area (Å²) >= 11 is 0. The monoisotopic (exact) mass is 249 g/mol. The van der Waals surface area contributed by atoms with Gasteiger partial charge in [0.05, 0.1) is 13.2 Å². The summed E-state index contributed by atoms with van der Waals surface area (Å²) in [6, 6.07) is 0. The van der Waals surface area contributed by atoms with Gasteiger partial charge in [0, 0.05) is 37.8 Å². The minimum atomic E-state index is -0.323. The Labute approximate surface area is 107 Å². The van der Waals surface area contributed by atoms with E-state index in [1.165, 1.54) is 0 Å². The van der Waals surface area contributed by atoms with E-state index in [1.54, 1.807) is 0 Å². The van der Waals surface area contributed by atoms with Crippen molar-refractivity contribution in [1.82, 2.24) is 9.97 Å². The number of hydrogen-bond donors (Lipinski definition) is 0. The van der Waals surface area contributed by atoms with Crippen LogP contribution in [0.1, 0.15) is 24.1 Å². The molecule has 0 aliphatic carbocycles. The van der Waals surface area contributed by atoms with Crippen LogP contribution in [0.4, 0.5) is 5.95 Å². The molecule has 0 bridgehead atoms. The Morgan fingerprint density at radius 1 is 1.17 bits per heavy atom. The highest BCUT2D eigenvalue weighted by molar-refractivity contribution is 5.33. The quantitative estimate of drug-likeness (QED) is 0.753. The molecule has 0 unspecified atom stereocenters. The van der Waals surface area contributed by atoms with Gasteiger partial charge in [-0.2, -0.15) is 0 Å². The van der Waals surface area contributed by atoms with E-state index in [2.05, 4.69) is 14.9 Å². The molecule has 2 aliphatic heterocycles. The molecular weight excluding hydrogens is 230 g/mol. The smallest absolute Gasteiger partial charge is 0.225 e. The molecule has 1 aromatic rings. The molecule has 98 valence electrons. The van der Waals surface area contributed by atoms with Crippen molar-refractivity contribution < 1.29 is 9.47 Å². The second-order valence-electron chi connectivity index (χ2n) is 5.03. The van der Waals surface area contributed by atoms with E-state index >= 15 is 0 Å². The van der Waals surface area contributed by atoms with Crippen molar-refractivity contribution in [3.63, 3.8) is 0 Å². The first kappa shape index (κ1) is 11.9. The lowest BCUT2D eigenvalue weighted by Gasteiger charge is -2.37. The Morgan fingerprint density at radius 2 is 1.83 bits per heavy atom. The van der Waals surface area contributed by atoms with Crippen molar-refractivity contribution in [2.45, 2.75) is 32.5 Å². The van der Waals surface area contributed by atoms with E-state index in [1.807, 2.05) is 20.0 Å². The molecule has 18 heavy (non-hydrogen) atoms. The van der Waals surface area contributed by atoms with Crippen LogP contribution in [0.15, 0.2) is 6.20 Å². The summed E-state index contributed by atoms with van der Waals surface area (Å²) < 4.78 is 11.4. The van der Waals surface area contributed by atoms with Crippen LogP contribution in [0, 0.1) is 13.8 Å². The van der Waals surface area contributed by atoms with E-state index in [0.29, 0.717) is 0 Å². The number of nitrogens with zero attached hydrogens (tertiary/aromatic N) is 3. The molecule has 0 radical (unpaired) electrons. The van der Waals surface area contributed by atoms with Crippen LogP contribution in [-0.2, 0) is 9.47 Å². The molecule has 2 aliphatic rings. The van der Waals surface area contributed by atoms with Crippen LogP contribution >= 0.6 is 0 Å². The first-order chi connectivity index (χ1) is 8.69. The maximum Gasteiger partial charge on any atom is 0.225 e. The Hall–Kier alpha value is -1.20. The molecule has 2 fully saturated rings. The fraction of sp³-hybridized carbons (Fsp3) is 0.692. The third kappa shape index (κ3) is 2.08. The summed E-state index contributed by atoms with van der Waals surface area (Å²) in [5, 5.41) is 0. The third-order valence-electron chi connectivity index (χ3n) is 3.83. The van der Waals surface area contributed by atoms with E-state index in [4.69, 9.17) is 9.47 Å². The van der Waals surface area contributed by atoms with Gasteiger partial charge in [0.25, 0.3) is 0 Å². The predicted octanol–water partition coefficient (Wildman–Crippen LogP) is 1.44. The van der Waals surface area contributed by atoms with E-state index in [0.717, 1.165) is 56.4 Å². The first-order valence-corrected chi connectivity index (χ1v) is 6.52. The molecule has 3 heterocycles. The fourth-order valence-corrected chi connectivity index (χ4v) is 2.50. The molecule has 2 saturated heterocycles. The van der Waals surface area contributed by atoms with Crippen LogP contribution < -0.4 is 4.90 Å². The summed E-state index contributed by atoms with van der Waals surface area (Å²) in [5.41, 5.74) is 2.18. The van der Waals surface area contributed by atoms with Gasteiger partial charge in [-0.15, -0.1) is 0 Å². The van der Waals surface area contributed by atoms with Crippen LogP contribution in [0.3, 0.4) is 0 Å². The van der Waals surface area contributed by atoms with Crippen LogP contribution in [0.2, 0.25) is 0 Å². The van der Waals surface area contributed by atoms with Crippen molar-refractivity contribution in [2.75, 3.05) is 31.2 Å². The molecule has 0 amide bonds. The van der Waals surface area contributed by atoms with Crippen molar-refractivity contribution >= 4 is 5.95 Å². The second-order valence-corrected chi connectivity index (χ2v) is 5.03. The minimum Gasteiger partial charge on any atom is -0.347 e. The zero-order chi connectivity index (χ0) is 12.6. The Bertz CT molecular complexity index is 434. The lowest BCUT2D eigenvalue weighted by molar-refractivity contribution is -0.169. The lowest BCUT2D eigenvalue weighted by Crippen LogP contribution is -2.45. The summed E-state index contributed by atoms with van der Waals surface area (Å²) in [7, 11) is 0. The van der Waals surface area contributed by atoms with E-state index < -0.39 is 0 Å². The van der Waals surface area contributed by atoms with Gasteiger partial charge in [-0.05, 0) is 19.4 Å². The van der Waals surface area contributed by atoms with Crippen molar-refractivity contribution in [1.29, 1.82) is 0 Å². The maximum atomic E-state index is 5.72. The number of ether oxygens (including phenoxy) is 2. The average molecular weight is 249 g/mol. The van der Waals surface area contributed by atoms with Crippen molar-refractivity contribution in [3.8, 4) is 0 Å². The molecule has 0 aromatic carbocycles. The number of anilines is 1. The Balaban J connectivity index is 1.70. The van der Waals surface area contributed by atoms with Gasteiger partial charge < -0.3 is 14.4 Å². The van der Waals surface area contributed by atoms with Crippen LogP contribution in [-0.4, -0.2) is 42.1 Å². The molecule has 0 N–H and O–H groups in total. The van der Waals surface area contributed by atoms with Gasteiger partial charge in [-0.3, -0.25) is 0 Å². The standard InChI is InChI=1S/C13H19N3O2/c1-10-9-14-12(15-11(10)2)16-5-3-13(4-6-16)17-7-8-18-13/h9H,3-8H2,1-2H3. The Morgan fingerprint density at radius 3 is 2.44 bits per heavy atom. The number of aryl methyl sites for hydroxylation is 2. The van der Waals surface area contributed by atoms with E-state index in [-0.39, 0.29) is 5.79 Å². The highest BCUT2D eigenvalue weighted by Gasteiger charge is 2.40. The van der Waals surface area contributed by atoms with Gasteiger partial charge in [-0.25, -0.2) is 9.97 Å². The predicted molar refractivity (Wildman–Crippen MR) is 67.6 cm³/mol. The lowest BCUT2D eigenvalue weighted by atomic mass is 10.0. The number of aromatic nitrogens is 2. The zero-order valence-corrected chi connectivity index (χ0v) is 11.0. The first-order valence-electron chi connectivity index (χ1n) is 6.52. The summed E-state index contributed by atoms with van der Waals surface area (Å²) in [5.74, 6) is 0.502. The average Bonchev–Trinajstić information content (AvgIpc) is 2.82. The number of rotatable bonds is 1. The van der Waals surface area contributed by atoms with Crippen molar-refractivity contribution in [2.24, 2.45) is 0 Å². The minimum absolute atomic E-state index is 0.323. The van der Waals surface area contributed by atoms with Crippen LogP contribution in [0.25, 0.3) is 0 Å². The summed E-state index contributed by atoms with van der Waals surface area (Å²) in [6.07, 6.45) is 3.68. The van der Waals surface area contributed by atoms with E-state index in [9.17, 15) is 0 Å². The molecule has 1 spiro atoms. The molecule has 0 atom stereocenters. The molecule has 5 nitrogen and oxygen atoms in total. The molecule has 5 heteroatoms. The number of piperidine rings is 1. The maximum absolute atomic E-state index is 5.72. The van der Waals surface area contributed by atoms with Gasteiger partial charge in [0.1, 0.15) is 0 Å². The van der Waals surface area contributed by atoms with Crippen LogP contribution in [0.5, 0.6) is 0 Å². The summed E-state index contributed by atoms with van der Waals surface area (Å²) in [4.78, 5) is 11.2. The topological polar surface area (TPSA) is 47.5 Å². The fourth-order valence-electron chi connectivity index (χ4n) is 2.50. The van der Waals surface area contributed by atoms with Gasteiger partial charge in [0.2, 0.25) is 5.95 Å². The van der Waals surface area contributed by atoms with Gasteiger partial charge >= 0.3 is 0 Å². The highest BCUT2D eigenvalue weighted by Crippen LogP contribution is 2.32. The molecule has 3 rings (SSSR count). The molecule has 1 aromatic heterocycles. The summed E-state index contributed by atoms with van der Waals surface area (Å²) in [6.45, 7) is 7.28. The Kier molecular flexibility index (Phi) is 2.95. The third-order valence-corrected chi connectivity index (χ3v) is 3.83. The second kappa shape index (κ2) is 4.48. The SMILES string of the molecule is Cc1cnc(N2CCC3(CC2)OCCO3)nc1C.